The van der Waals surface area contributed by atoms with Gasteiger partial charge >= 0.3 is 0 Å². The molecule has 0 aliphatic heterocycles. The van der Waals surface area contributed by atoms with E-state index in [1.165, 1.54) is 6.07 Å². The molecule has 1 aliphatic carbocycles. The summed E-state index contributed by atoms with van der Waals surface area (Å²) in [6.45, 7) is 3.68. The van der Waals surface area contributed by atoms with Crippen molar-refractivity contribution in [2.75, 3.05) is 19.6 Å². The lowest BCUT2D eigenvalue weighted by atomic mass is 9.95. The quantitative estimate of drug-likeness (QED) is 0.495. The second kappa shape index (κ2) is 9.00. The number of hydrogen-bond acceptors (Lipinski definition) is 2. The van der Waals surface area contributed by atoms with Gasteiger partial charge in [0.05, 0.1) is 12.6 Å². The van der Waals surface area contributed by atoms with E-state index in [9.17, 15) is 9.50 Å². The smallest absolute Gasteiger partial charge is 0.191 e. The molecule has 144 valence electrons. The minimum atomic E-state index is -0.502. The number of guanidine groups is 1. The summed E-state index contributed by atoms with van der Waals surface area (Å²) in [7, 11) is 0. The normalized spacial score (nSPS) is 16.6. The van der Waals surface area contributed by atoms with Crippen LogP contribution in [0.3, 0.4) is 0 Å². The first-order chi connectivity index (χ1) is 13.1. The van der Waals surface area contributed by atoms with Gasteiger partial charge in [0.15, 0.2) is 5.96 Å². The Bertz CT molecular complexity index is 759. The SMILES string of the molecule is CCNC(=NCC1(c2ccccc2F)CC1)NCC(O)Cc1ccccc1. The minimum Gasteiger partial charge on any atom is -0.391 e. The maximum absolute atomic E-state index is 14.1. The lowest BCUT2D eigenvalue weighted by Crippen LogP contribution is -2.42. The van der Waals surface area contributed by atoms with Crippen LogP contribution in [0, 0.1) is 5.82 Å². The van der Waals surface area contributed by atoms with E-state index in [0.717, 1.165) is 30.5 Å². The fraction of sp³-hybridized carbons (Fsp3) is 0.409. The minimum absolute atomic E-state index is 0.151. The zero-order valence-corrected chi connectivity index (χ0v) is 15.8. The van der Waals surface area contributed by atoms with Crippen LogP contribution in [0.25, 0.3) is 0 Å². The summed E-state index contributed by atoms with van der Waals surface area (Å²) in [4.78, 5) is 4.66. The number of nitrogens with zero attached hydrogens (tertiary/aromatic N) is 1. The van der Waals surface area contributed by atoms with Crippen LogP contribution in [0.1, 0.15) is 30.9 Å². The van der Waals surface area contributed by atoms with Crippen LogP contribution in [-0.2, 0) is 11.8 Å². The van der Waals surface area contributed by atoms with Crippen molar-refractivity contribution in [3.05, 3.63) is 71.5 Å². The van der Waals surface area contributed by atoms with E-state index in [-0.39, 0.29) is 11.2 Å². The average molecular weight is 369 g/mol. The van der Waals surface area contributed by atoms with Gasteiger partial charge in [-0.1, -0.05) is 48.5 Å². The third-order valence-corrected chi connectivity index (χ3v) is 5.00. The summed E-state index contributed by atoms with van der Waals surface area (Å²) in [6, 6.07) is 16.9. The van der Waals surface area contributed by atoms with Gasteiger partial charge in [-0.15, -0.1) is 0 Å². The Kier molecular flexibility index (Phi) is 6.45. The number of halogens is 1. The van der Waals surface area contributed by atoms with E-state index >= 15 is 0 Å². The topological polar surface area (TPSA) is 56.7 Å². The van der Waals surface area contributed by atoms with Gasteiger partial charge in [0, 0.05) is 24.9 Å². The van der Waals surface area contributed by atoms with Crippen LogP contribution in [0.5, 0.6) is 0 Å². The Balaban J connectivity index is 1.57. The Morgan fingerprint density at radius 3 is 2.48 bits per heavy atom. The third kappa shape index (κ3) is 5.30. The molecule has 5 heteroatoms. The third-order valence-electron chi connectivity index (χ3n) is 5.00. The van der Waals surface area contributed by atoms with Gasteiger partial charge in [0.2, 0.25) is 0 Å². The predicted octanol–water partition coefficient (Wildman–Crippen LogP) is 3.02. The number of aliphatic hydroxyl groups excluding tert-OH is 1. The second-order valence-corrected chi connectivity index (χ2v) is 7.18. The summed E-state index contributed by atoms with van der Waals surface area (Å²) in [5, 5.41) is 16.7. The Labute approximate surface area is 160 Å². The van der Waals surface area contributed by atoms with Gasteiger partial charge in [-0.3, -0.25) is 4.99 Å². The largest absolute Gasteiger partial charge is 0.391 e. The Morgan fingerprint density at radius 2 is 1.81 bits per heavy atom. The van der Waals surface area contributed by atoms with Crippen LogP contribution in [0.2, 0.25) is 0 Å². The lowest BCUT2D eigenvalue weighted by Gasteiger charge is -2.18. The maximum atomic E-state index is 14.1. The Morgan fingerprint density at radius 1 is 1.11 bits per heavy atom. The summed E-state index contributed by atoms with van der Waals surface area (Å²) in [5.41, 5.74) is 1.68. The van der Waals surface area contributed by atoms with Crippen molar-refractivity contribution >= 4 is 5.96 Å². The number of nitrogens with one attached hydrogen (secondary N) is 2. The molecule has 1 saturated carbocycles. The number of hydrogen-bond donors (Lipinski definition) is 3. The molecule has 0 heterocycles. The molecule has 2 aromatic carbocycles. The molecule has 0 radical (unpaired) electrons. The van der Waals surface area contributed by atoms with Gasteiger partial charge in [0.25, 0.3) is 0 Å². The predicted molar refractivity (Wildman–Crippen MR) is 107 cm³/mol. The van der Waals surface area contributed by atoms with Crippen LogP contribution >= 0.6 is 0 Å². The van der Waals surface area contributed by atoms with Crippen LogP contribution in [-0.4, -0.2) is 36.8 Å². The first kappa shape index (κ1) is 19.4. The lowest BCUT2D eigenvalue weighted by molar-refractivity contribution is 0.177. The van der Waals surface area contributed by atoms with Gasteiger partial charge in [-0.2, -0.15) is 0 Å². The number of benzene rings is 2. The molecule has 0 aromatic heterocycles. The first-order valence-corrected chi connectivity index (χ1v) is 9.62. The standard InChI is InChI=1S/C22H28FN3O/c1-2-24-21(25-15-18(27)14-17-8-4-3-5-9-17)26-16-22(12-13-22)19-10-6-7-11-20(19)23/h3-11,18,27H,2,12-16H2,1H3,(H2,24,25,26). The van der Waals surface area contributed by atoms with E-state index < -0.39 is 6.10 Å². The monoisotopic (exact) mass is 369 g/mol. The Hall–Kier alpha value is -2.40. The van der Waals surface area contributed by atoms with Crippen molar-refractivity contribution in [1.82, 2.24) is 10.6 Å². The molecule has 1 atom stereocenters. The molecule has 1 fully saturated rings. The van der Waals surface area contributed by atoms with Crippen molar-refractivity contribution in [1.29, 1.82) is 0 Å². The molecule has 0 saturated heterocycles. The highest BCUT2D eigenvalue weighted by atomic mass is 19.1. The average Bonchev–Trinajstić information content (AvgIpc) is 3.46. The van der Waals surface area contributed by atoms with Gasteiger partial charge in [0.1, 0.15) is 5.82 Å². The summed E-state index contributed by atoms with van der Waals surface area (Å²) >= 11 is 0. The van der Waals surface area contributed by atoms with E-state index in [1.807, 2.05) is 49.4 Å². The molecule has 4 nitrogen and oxygen atoms in total. The van der Waals surface area contributed by atoms with E-state index in [0.29, 0.717) is 25.5 Å². The zero-order chi connectivity index (χ0) is 19.1. The summed E-state index contributed by atoms with van der Waals surface area (Å²) in [6.07, 6.45) is 1.99. The second-order valence-electron chi connectivity index (χ2n) is 7.18. The molecule has 0 bridgehead atoms. The summed E-state index contributed by atoms with van der Waals surface area (Å²) in [5.74, 6) is 0.508. The first-order valence-electron chi connectivity index (χ1n) is 9.62. The highest BCUT2D eigenvalue weighted by Gasteiger charge is 2.45. The van der Waals surface area contributed by atoms with Gasteiger partial charge in [-0.25, -0.2) is 4.39 Å². The zero-order valence-electron chi connectivity index (χ0n) is 15.8. The fourth-order valence-corrected chi connectivity index (χ4v) is 3.30. The van der Waals surface area contributed by atoms with E-state index in [4.69, 9.17) is 0 Å². The highest BCUT2D eigenvalue weighted by molar-refractivity contribution is 5.79. The molecule has 27 heavy (non-hydrogen) atoms. The molecule has 1 unspecified atom stereocenters. The van der Waals surface area contributed by atoms with Crippen molar-refractivity contribution < 1.29 is 9.50 Å². The van der Waals surface area contributed by atoms with Gasteiger partial charge < -0.3 is 15.7 Å². The van der Waals surface area contributed by atoms with Gasteiger partial charge in [-0.05, 0) is 37.0 Å². The number of aliphatic hydroxyl groups is 1. The summed E-state index contributed by atoms with van der Waals surface area (Å²) < 4.78 is 14.1. The van der Waals surface area contributed by atoms with Crippen molar-refractivity contribution in [2.24, 2.45) is 4.99 Å². The molecular weight excluding hydrogens is 341 g/mol. The molecule has 1 aliphatic rings. The molecule has 3 rings (SSSR count). The van der Waals surface area contributed by atoms with Crippen LogP contribution in [0.4, 0.5) is 4.39 Å². The fourth-order valence-electron chi connectivity index (χ4n) is 3.30. The van der Waals surface area contributed by atoms with Crippen molar-refractivity contribution in [2.45, 2.75) is 37.7 Å². The number of rotatable bonds is 8. The van der Waals surface area contributed by atoms with E-state index in [2.05, 4.69) is 15.6 Å². The van der Waals surface area contributed by atoms with Crippen molar-refractivity contribution in [3.63, 3.8) is 0 Å². The molecule has 3 N–H and O–H groups in total. The van der Waals surface area contributed by atoms with Crippen LogP contribution < -0.4 is 10.6 Å². The number of aliphatic imine (C=N–C) groups is 1. The molecular formula is C22H28FN3O. The van der Waals surface area contributed by atoms with Crippen molar-refractivity contribution in [3.8, 4) is 0 Å². The molecule has 0 spiro atoms. The van der Waals surface area contributed by atoms with Crippen LogP contribution in [0.15, 0.2) is 59.6 Å². The maximum Gasteiger partial charge on any atom is 0.191 e. The highest BCUT2D eigenvalue weighted by Crippen LogP contribution is 2.49. The molecule has 0 amide bonds. The molecule has 2 aromatic rings. The van der Waals surface area contributed by atoms with E-state index in [1.54, 1.807) is 6.07 Å².